The lowest BCUT2D eigenvalue weighted by Crippen LogP contribution is -2.47. The number of morpholine rings is 1. The summed E-state index contributed by atoms with van der Waals surface area (Å²) in [5.41, 5.74) is 5.18. The Bertz CT molecular complexity index is 699. The van der Waals surface area contributed by atoms with Gasteiger partial charge >= 0.3 is 0 Å². The van der Waals surface area contributed by atoms with Crippen LogP contribution in [0, 0.1) is 0 Å². The summed E-state index contributed by atoms with van der Waals surface area (Å²) in [7, 11) is 0. The standard InChI is InChI=1S/C16H20F2N4O4/c1-9(23)20-13(7-19)16(25)21-12-3-2-10(6-11(12)15(17)18)22-4-5-26-8-14(22)24/h2-3,6,13,15H,4-5,7-8,19H2,1H3,(H,20,23)(H,21,25)/t13-/m1/s1. The minimum Gasteiger partial charge on any atom is -0.370 e. The van der Waals surface area contributed by atoms with Gasteiger partial charge in [0.2, 0.25) is 11.8 Å². The Labute approximate surface area is 148 Å². The fourth-order valence-corrected chi connectivity index (χ4v) is 2.50. The molecule has 1 aromatic carbocycles. The number of nitrogens with zero attached hydrogens (tertiary/aromatic N) is 1. The minimum atomic E-state index is -2.88. The maximum atomic E-state index is 13.4. The summed E-state index contributed by atoms with van der Waals surface area (Å²) < 4.78 is 31.9. The van der Waals surface area contributed by atoms with Crippen molar-refractivity contribution in [2.75, 3.05) is 36.5 Å². The molecular formula is C16H20F2N4O4. The van der Waals surface area contributed by atoms with E-state index in [9.17, 15) is 23.2 Å². The highest BCUT2D eigenvalue weighted by molar-refractivity contribution is 5.99. The normalized spacial score (nSPS) is 15.7. The molecule has 1 saturated heterocycles. The molecule has 1 atom stereocenters. The van der Waals surface area contributed by atoms with E-state index >= 15 is 0 Å². The largest absolute Gasteiger partial charge is 0.370 e. The lowest BCUT2D eigenvalue weighted by atomic mass is 10.1. The molecule has 26 heavy (non-hydrogen) atoms. The molecule has 1 fully saturated rings. The third-order valence-electron chi connectivity index (χ3n) is 3.76. The topological polar surface area (TPSA) is 114 Å². The van der Waals surface area contributed by atoms with Gasteiger partial charge in [-0.05, 0) is 18.2 Å². The summed E-state index contributed by atoms with van der Waals surface area (Å²) in [4.78, 5) is 36.4. The Balaban J connectivity index is 2.24. The Morgan fingerprint density at radius 3 is 2.69 bits per heavy atom. The van der Waals surface area contributed by atoms with E-state index in [0.29, 0.717) is 12.3 Å². The predicted octanol–water partition coefficient (Wildman–Crippen LogP) is 0.389. The molecule has 0 unspecified atom stereocenters. The zero-order valence-electron chi connectivity index (χ0n) is 14.1. The molecule has 2 rings (SSSR count). The van der Waals surface area contributed by atoms with Gasteiger partial charge in [0.05, 0.1) is 6.61 Å². The number of hydrogen-bond acceptors (Lipinski definition) is 5. The minimum absolute atomic E-state index is 0.113. The van der Waals surface area contributed by atoms with Crippen molar-refractivity contribution in [3.8, 4) is 0 Å². The van der Waals surface area contributed by atoms with Crippen molar-refractivity contribution in [2.45, 2.75) is 19.4 Å². The van der Waals surface area contributed by atoms with Crippen molar-refractivity contribution in [1.82, 2.24) is 5.32 Å². The van der Waals surface area contributed by atoms with Crippen LogP contribution >= 0.6 is 0 Å². The van der Waals surface area contributed by atoms with Crippen molar-refractivity contribution >= 4 is 29.1 Å². The highest BCUT2D eigenvalue weighted by Crippen LogP contribution is 2.31. The summed E-state index contributed by atoms with van der Waals surface area (Å²) in [6.45, 7) is 1.48. The highest BCUT2D eigenvalue weighted by atomic mass is 19.3. The average Bonchev–Trinajstić information content (AvgIpc) is 2.60. The monoisotopic (exact) mass is 370 g/mol. The summed E-state index contributed by atoms with van der Waals surface area (Å²) in [6.07, 6.45) is -2.88. The molecule has 0 aromatic heterocycles. The van der Waals surface area contributed by atoms with Gasteiger partial charge in [-0.15, -0.1) is 0 Å². The molecule has 4 N–H and O–H groups in total. The van der Waals surface area contributed by atoms with Gasteiger partial charge in [0, 0.05) is 37.0 Å². The Morgan fingerprint density at radius 1 is 1.38 bits per heavy atom. The van der Waals surface area contributed by atoms with E-state index in [1.54, 1.807) is 0 Å². The molecule has 1 heterocycles. The highest BCUT2D eigenvalue weighted by Gasteiger charge is 2.24. The van der Waals surface area contributed by atoms with Crippen LogP contribution in [0.3, 0.4) is 0 Å². The summed E-state index contributed by atoms with van der Waals surface area (Å²) in [5, 5.41) is 4.68. The second-order valence-corrected chi connectivity index (χ2v) is 5.65. The number of carbonyl (C=O) groups excluding carboxylic acids is 3. The number of amides is 3. The molecule has 0 spiro atoms. The first-order valence-electron chi connectivity index (χ1n) is 7.91. The number of rotatable bonds is 6. The maximum Gasteiger partial charge on any atom is 0.265 e. The van der Waals surface area contributed by atoms with Gasteiger partial charge in [-0.1, -0.05) is 0 Å². The van der Waals surface area contributed by atoms with E-state index < -0.39 is 29.8 Å². The average molecular weight is 370 g/mol. The van der Waals surface area contributed by atoms with Gasteiger partial charge < -0.3 is 26.0 Å². The molecular weight excluding hydrogens is 350 g/mol. The molecule has 1 aliphatic rings. The number of benzene rings is 1. The molecule has 1 aromatic rings. The molecule has 10 heteroatoms. The van der Waals surface area contributed by atoms with Crippen LogP contribution in [0.5, 0.6) is 0 Å². The van der Waals surface area contributed by atoms with Crippen LogP contribution in [0.1, 0.15) is 18.9 Å². The lowest BCUT2D eigenvalue weighted by Gasteiger charge is -2.27. The lowest BCUT2D eigenvalue weighted by molar-refractivity contribution is -0.125. The molecule has 1 aliphatic heterocycles. The zero-order chi connectivity index (χ0) is 19.3. The number of anilines is 2. The van der Waals surface area contributed by atoms with E-state index in [-0.39, 0.29) is 31.3 Å². The van der Waals surface area contributed by atoms with Crippen molar-refractivity contribution in [3.63, 3.8) is 0 Å². The van der Waals surface area contributed by atoms with Crippen molar-refractivity contribution < 1.29 is 27.9 Å². The van der Waals surface area contributed by atoms with Crippen LogP contribution in [0.15, 0.2) is 18.2 Å². The summed E-state index contributed by atoms with van der Waals surface area (Å²) in [5.74, 6) is -1.51. The molecule has 0 aliphatic carbocycles. The van der Waals surface area contributed by atoms with E-state index in [4.69, 9.17) is 10.5 Å². The SMILES string of the molecule is CC(=O)N[C@H](CN)C(=O)Nc1ccc(N2CCOCC2=O)cc1C(F)F. The third kappa shape index (κ3) is 4.73. The number of halogens is 2. The zero-order valence-corrected chi connectivity index (χ0v) is 14.1. The number of nitrogens with two attached hydrogens (primary N) is 1. The van der Waals surface area contributed by atoms with E-state index in [1.807, 2.05) is 0 Å². The van der Waals surface area contributed by atoms with Crippen LogP contribution in [-0.4, -0.2) is 50.1 Å². The van der Waals surface area contributed by atoms with Gasteiger partial charge in [-0.3, -0.25) is 14.4 Å². The van der Waals surface area contributed by atoms with Gasteiger partial charge in [-0.2, -0.15) is 0 Å². The van der Waals surface area contributed by atoms with Crippen LogP contribution in [0.2, 0.25) is 0 Å². The Kier molecular flexibility index (Phi) is 6.58. The molecule has 0 saturated carbocycles. The number of nitrogens with one attached hydrogen (secondary N) is 2. The number of hydrogen-bond donors (Lipinski definition) is 3. The fraction of sp³-hybridized carbons (Fsp3) is 0.438. The summed E-state index contributed by atoms with van der Waals surface area (Å²) in [6, 6.07) is 2.86. The van der Waals surface area contributed by atoms with Crippen LogP contribution in [-0.2, 0) is 19.1 Å². The van der Waals surface area contributed by atoms with Gasteiger partial charge in [0.1, 0.15) is 12.6 Å². The second kappa shape index (κ2) is 8.68. The Morgan fingerprint density at radius 2 is 2.12 bits per heavy atom. The van der Waals surface area contributed by atoms with E-state index in [0.717, 1.165) is 6.07 Å². The smallest absolute Gasteiger partial charge is 0.265 e. The van der Waals surface area contributed by atoms with E-state index in [2.05, 4.69) is 10.6 Å². The maximum absolute atomic E-state index is 13.4. The van der Waals surface area contributed by atoms with Gasteiger partial charge in [-0.25, -0.2) is 8.78 Å². The van der Waals surface area contributed by atoms with Crippen molar-refractivity contribution in [2.24, 2.45) is 5.73 Å². The second-order valence-electron chi connectivity index (χ2n) is 5.65. The summed E-state index contributed by atoms with van der Waals surface area (Å²) >= 11 is 0. The first-order chi connectivity index (χ1) is 12.3. The third-order valence-corrected chi connectivity index (χ3v) is 3.76. The number of alkyl halides is 2. The van der Waals surface area contributed by atoms with Crippen LogP contribution < -0.4 is 21.3 Å². The quantitative estimate of drug-likeness (QED) is 0.670. The predicted molar refractivity (Wildman–Crippen MR) is 89.9 cm³/mol. The first kappa shape index (κ1) is 19.7. The molecule has 0 bridgehead atoms. The van der Waals surface area contributed by atoms with E-state index in [1.165, 1.54) is 24.0 Å². The van der Waals surface area contributed by atoms with Crippen molar-refractivity contribution in [3.05, 3.63) is 23.8 Å². The van der Waals surface area contributed by atoms with Crippen molar-refractivity contribution in [1.29, 1.82) is 0 Å². The Hall–Kier alpha value is -2.59. The van der Waals surface area contributed by atoms with Gasteiger partial charge in [0.15, 0.2) is 0 Å². The number of ether oxygens (including phenoxy) is 1. The van der Waals surface area contributed by atoms with Gasteiger partial charge in [0.25, 0.3) is 12.3 Å². The fourth-order valence-electron chi connectivity index (χ4n) is 2.50. The molecule has 0 radical (unpaired) electrons. The van der Waals surface area contributed by atoms with Crippen LogP contribution in [0.25, 0.3) is 0 Å². The first-order valence-corrected chi connectivity index (χ1v) is 7.91. The molecule has 142 valence electrons. The number of carbonyl (C=O) groups is 3. The van der Waals surface area contributed by atoms with Crippen LogP contribution in [0.4, 0.5) is 20.2 Å². The molecule has 8 nitrogen and oxygen atoms in total. The molecule has 3 amide bonds.